The summed E-state index contributed by atoms with van der Waals surface area (Å²) >= 11 is 1.81. The topological polar surface area (TPSA) is 17.1 Å². The zero-order chi connectivity index (χ0) is 4.28. The van der Waals surface area contributed by atoms with E-state index in [4.69, 9.17) is 0 Å². The van der Waals surface area contributed by atoms with Crippen LogP contribution in [0.4, 0.5) is 0 Å². The van der Waals surface area contributed by atoms with Gasteiger partial charge in [0, 0.05) is 33.6 Å². The van der Waals surface area contributed by atoms with E-state index in [0.29, 0.717) is 0 Å². The van der Waals surface area contributed by atoms with E-state index >= 15 is 0 Å². The molecular formula is C3H3AuCuNiO. The number of hydrogen-bond donors (Lipinski definition) is 0. The van der Waals surface area contributed by atoms with Gasteiger partial charge < -0.3 is 0 Å². The first-order chi connectivity index (χ1) is 2.27. The van der Waals surface area contributed by atoms with Crippen LogP contribution in [0.3, 0.4) is 0 Å². The van der Waals surface area contributed by atoms with E-state index in [1.54, 1.807) is 21.1 Å². The summed E-state index contributed by atoms with van der Waals surface area (Å²) in [6, 6.07) is 0. The van der Waals surface area contributed by atoms with Crippen LogP contribution in [0.5, 0.6) is 0 Å². The summed E-state index contributed by atoms with van der Waals surface area (Å²) in [6.45, 7) is 3.20. The average molecular weight is 374 g/mol. The third-order valence-corrected chi connectivity index (χ3v) is 0.587. The molecule has 0 saturated carbocycles. The van der Waals surface area contributed by atoms with Crippen molar-refractivity contribution in [1.82, 2.24) is 0 Å². The molecule has 0 aliphatic carbocycles. The van der Waals surface area contributed by atoms with Crippen LogP contribution < -0.4 is 0 Å². The number of carbonyl (C=O) groups is 1. The maximum Gasteiger partial charge on any atom is 0 e. The molecule has 0 rings (SSSR count). The van der Waals surface area contributed by atoms with Crippen molar-refractivity contribution in [3.05, 3.63) is 12.7 Å². The van der Waals surface area contributed by atoms with Crippen molar-refractivity contribution in [3.63, 3.8) is 0 Å². The molecule has 0 saturated heterocycles. The van der Waals surface area contributed by atoms with E-state index in [9.17, 15) is 4.79 Å². The van der Waals surface area contributed by atoms with Crippen LogP contribution in [0.25, 0.3) is 0 Å². The molecule has 0 N–H and O–H groups in total. The molecule has 0 heterocycles. The average Bonchev–Trinajstić information content (AvgIpc) is 1.38. The Morgan fingerprint density at radius 1 is 1.71 bits per heavy atom. The number of allylic oxidation sites excluding steroid dienone is 1. The summed E-state index contributed by atoms with van der Waals surface area (Å²) in [7, 11) is 0. The fourth-order valence-electron chi connectivity index (χ4n) is 0. The first-order valence-electron chi connectivity index (χ1n) is 1.05. The van der Waals surface area contributed by atoms with Crippen LogP contribution in [-0.4, -0.2) is 4.00 Å². The first kappa shape index (κ1) is 15.7. The molecule has 0 fully saturated rings. The van der Waals surface area contributed by atoms with E-state index in [1.807, 2.05) is 0 Å². The van der Waals surface area contributed by atoms with E-state index < -0.39 is 0 Å². The molecule has 0 aromatic heterocycles. The van der Waals surface area contributed by atoms with Crippen LogP contribution in [0.15, 0.2) is 12.7 Å². The van der Waals surface area contributed by atoms with Gasteiger partial charge in [0.2, 0.25) is 0 Å². The third kappa shape index (κ3) is 19.1. The molecule has 53 valence electrons. The molecule has 0 aliphatic rings. The molecule has 0 atom stereocenters. The van der Waals surface area contributed by atoms with Gasteiger partial charge in [-0.2, -0.15) is 0 Å². The molecule has 0 spiro atoms. The molecule has 4 heteroatoms. The van der Waals surface area contributed by atoms with Gasteiger partial charge >= 0.3 is 42.5 Å². The van der Waals surface area contributed by atoms with Gasteiger partial charge in [-0.1, -0.05) is 0 Å². The Bertz CT molecular complexity index is 66.0. The molecule has 0 amide bonds. The second-order valence-corrected chi connectivity index (χ2v) is 1.54. The van der Waals surface area contributed by atoms with Crippen LogP contribution in [0.1, 0.15) is 0 Å². The van der Waals surface area contributed by atoms with Crippen molar-refractivity contribution >= 4 is 4.00 Å². The molecule has 0 aliphatic heterocycles. The number of carbonyl (C=O) groups excluding carboxylic acids is 1. The minimum absolute atomic E-state index is 0. The van der Waals surface area contributed by atoms with Gasteiger partial charge in [-0.3, -0.25) is 0 Å². The van der Waals surface area contributed by atoms with Crippen molar-refractivity contribution in [2.24, 2.45) is 0 Å². The molecular weight excluding hydrogens is 371 g/mol. The minimum Gasteiger partial charge on any atom is 0 e. The van der Waals surface area contributed by atoms with Gasteiger partial charge in [0.05, 0.1) is 0 Å². The van der Waals surface area contributed by atoms with Gasteiger partial charge in [-0.05, 0) is 0 Å². The predicted octanol–water partition coefficient (Wildman–Crippen LogP) is 0.241. The molecule has 0 aromatic rings. The Hall–Kier alpha value is 1.16. The third-order valence-electron chi connectivity index (χ3n) is 0.145. The second kappa shape index (κ2) is 10.2. The summed E-state index contributed by atoms with van der Waals surface area (Å²) in [5, 5.41) is 0. The maximum atomic E-state index is 9.67. The molecule has 0 bridgehead atoms. The summed E-state index contributed by atoms with van der Waals surface area (Å²) in [4.78, 5) is 9.67. The van der Waals surface area contributed by atoms with Crippen molar-refractivity contribution < 1.29 is 59.4 Å². The van der Waals surface area contributed by atoms with Gasteiger partial charge in [0.25, 0.3) is 0 Å². The fraction of sp³-hybridized carbons (Fsp3) is 0. The van der Waals surface area contributed by atoms with E-state index in [2.05, 4.69) is 6.58 Å². The summed E-state index contributed by atoms with van der Waals surface area (Å²) in [5.41, 5.74) is 0. The Kier molecular flexibility index (Phi) is 22.9. The molecule has 7 heavy (non-hydrogen) atoms. The Labute approximate surface area is 75.6 Å². The SMILES string of the molecule is C=C[C](=O)[Au].[Cu].[Ni]. The Morgan fingerprint density at radius 2 is 1.86 bits per heavy atom. The normalized spacial score (nSPS) is 4.86. The molecule has 1 nitrogen and oxygen atoms in total. The maximum absolute atomic E-state index is 9.67. The van der Waals surface area contributed by atoms with Crippen LogP contribution >= 0.6 is 0 Å². The van der Waals surface area contributed by atoms with Crippen LogP contribution in [-0.2, 0) is 59.4 Å². The van der Waals surface area contributed by atoms with Crippen molar-refractivity contribution in [2.45, 2.75) is 0 Å². The summed E-state index contributed by atoms with van der Waals surface area (Å²) in [5.74, 6) is 0. The molecule has 0 aromatic carbocycles. The fourth-order valence-corrected chi connectivity index (χ4v) is 0. The van der Waals surface area contributed by atoms with Crippen molar-refractivity contribution in [3.8, 4) is 0 Å². The van der Waals surface area contributed by atoms with Crippen LogP contribution in [0, 0.1) is 0 Å². The summed E-state index contributed by atoms with van der Waals surface area (Å²) < 4.78 is -0.0370. The van der Waals surface area contributed by atoms with Gasteiger partial charge in [0.15, 0.2) is 0 Å². The van der Waals surface area contributed by atoms with Crippen molar-refractivity contribution in [1.29, 1.82) is 0 Å². The van der Waals surface area contributed by atoms with Crippen molar-refractivity contribution in [2.75, 3.05) is 0 Å². The zero-order valence-electron chi connectivity index (χ0n) is 3.11. The van der Waals surface area contributed by atoms with E-state index in [1.165, 1.54) is 6.08 Å². The summed E-state index contributed by atoms with van der Waals surface area (Å²) in [6.07, 6.45) is 1.25. The molecule has 1 radical (unpaired) electrons. The Morgan fingerprint density at radius 3 is 1.86 bits per heavy atom. The van der Waals surface area contributed by atoms with E-state index in [0.717, 1.165) is 0 Å². The number of rotatable bonds is 1. The Balaban J connectivity index is -0.0000000800. The monoisotopic (exact) mass is 373 g/mol. The number of hydrogen-bond acceptors (Lipinski definition) is 1. The predicted molar refractivity (Wildman–Crippen MR) is 15.2 cm³/mol. The minimum atomic E-state index is -0.0370. The van der Waals surface area contributed by atoms with Gasteiger partial charge in [0.1, 0.15) is 0 Å². The first-order valence-corrected chi connectivity index (χ1v) is 2.14. The second-order valence-electron chi connectivity index (χ2n) is 0.471. The van der Waals surface area contributed by atoms with E-state index in [-0.39, 0.29) is 37.6 Å². The standard InChI is InChI=1S/C3H3O.Au.Cu.Ni/c1-2-3-4;;;/h2H,1H2;;;. The molecule has 0 unspecified atom stereocenters. The smallest absolute Gasteiger partial charge is 0 e. The quantitative estimate of drug-likeness (QED) is 0.475. The van der Waals surface area contributed by atoms with Gasteiger partial charge in [-0.15, -0.1) is 0 Å². The zero-order valence-corrected chi connectivity index (χ0v) is 7.21. The largest absolute Gasteiger partial charge is 0 e. The van der Waals surface area contributed by atoms with Gasteiger partial charge in [-0.25, -0.2) is 0 Å². The van der Waals surface area contributed by atoms with Crippen LogP contribution in [0.2, 0.25) is 0 Å².